The number of hydrogen-bond acceptors (Lipinski definition) is 3. The first-order valence-corrected chi connectivity index (χ1v) is 8.30. The third kappa shape index (κ3) is 3.89. The van der Waals surface area contributed by atoms with Crippen LogP contribution in [0.15, 0.2) is 53.1 Å². The summed E-state index contributed by atoms with van der Waals surface area (Å²) in [6, 6.07) is 7.91. The van der Waals surface area contributed by atoms with Crippen LogP contribution >= 0.6 is 0 Å². The molecule has 1 heterocycles. The molecule has 0 fully saturated rings. The van der Waals surface area contributed by atoms with Crippen molar-refractivity contribution in [3.63, 3.8) is 0 Å². The Labute approximate surface area is 136 Å². The van der Waals surface area contributed by atoms with Gasteiger partial charge in [-0.2, -0.15) is 0 Å². The van der Waals surface area contributed by atoms with E-state index in [4.69, 9.17) is 0 Å². The van der Waals surface area contributed by atoms with E-state index in [1.54, 1.807) is 17.0 Å². The van der Waals surface area contributed by atoms with Crippen molar-refractivity contribution < 1.29 is 0 Å². The molecule has 1 aromatic carbocycles. The molecule has 0 radical (unpaired) electrons. The number of aromatic nitrogens is 2. The van der Waals surface area contributed by atoms with E-state index < -0.39 is 0 Å². The molecule has 0 atom stereocenters. The Kier molecular flexibility index (Phi) is 4.91. The van der Waals surface area contributed by atoms with Gasteiger partial charge in [-0.1, -0.05) is 23.8 Å². The van der Waals surface area contributed by atoms with Crippen LogP contribution in [0.2, 0.25) is 0 Å². The number of rotatable bonds is 5. The first-order chi connectivity index (χ1) is 11.2. The average Bonchev–Trinajstić information content (AvgIpc) is 2.57. The summed E-state index contributed by atoms with van der Waals surface area (Å²) >= 11 is 0. The van der Waals surface area contributed by atoms with Crippen molar-refractivity contribution in [2.45, 2.75) is 39.0 Å². The molecular weight excluding hydrogens is 286 g/mol. The van der Waals surface area contributed by atoms with Crippen LogP contribution in [0.25, 0.3) is 5.69 Å². The fourth-order valence-corrected chi connectivity index (χ4v) is 2.99. The summed E-state index contributed by atoms with van der Waals surface area (Å²) in [7, 11) is 0. The number of aryl methyl sites for hydroxylation is 1. The van der Waals surface area contributed by atoms with Gasteiger partial charge in [-0.15, -0.1) is 0 Å². The maximum Gasteiger partial charge on any atom is 0.297 e. The van der Waals surface area contributed by atoms with Gasteiger partial charge in [0, 0.05) is 24.6 Å². The molecule has 0 bridgehead atoms. The summed E-state index contributed by atoms with van der Waals surface area (Å²) in [4.78, 5) is 16.8. The molecule has 0 saturated heterocycles. The number of hydrogen-bond donors (Lipinski definition) is 1. The fourth-order valence-electron chi connectivity index (χ4n) is 2.99. The summed E-state index contributed by atoms with van der Waals surface area (Å²) < 4.78 is 1.64. The van der Waals surface area contributed by atoms with Gasteiger partial charge in [-0.3, -0.25) is 9.36 Å². The number of allylic oxidation sites excluding steroid dienone is 1. The Hall–Kier alpha value is -2.36. The summed E-state index contributed by atoms with van der Waals surface area (Å²) in [5, 5.41) is 3.20. The third-order valence-corrected chi connectivity index (χ3v) is 4.24. The maximum atomic E-state index is 12.6. The van der Waals surface area contributed by atoms with E-state index in [9.17, 15) is 4.79 Å². The van der Waals surface area contributed by atoms with E-state index in [-0.39, 0.29) is 5.56 Å². The number of benzene rings is 1. The van der Waals surface area contributed by atoms with Crippen LogP contribution in [0.5, 0.6) is 0 Å². The Balaban J connectivity index is 1.72. The minimum Gasteiger partial charge on any atom is -0.365 e. The van der Waals surface area contributed by atoms with Gasteiger partial charge < -0.3 is 5.32 Å². The molecule has 1 aliphatic rings. The van der Waals surface area contributed by atoms with E-state index in [1.165, 1.54) is 31.3 Å². The zero-order chi connectivity index (χ0) is 16.1. The summed E-state index contributed by atoms with van der Waals surface area (Å²) in [5.74, 6) is 0.422. The van der Waals surface area contributed by atoms with Crippen LogP contribution in [0, 0.1) is 6.92 Å². The maximum absolute atomic E-state index is 12.6. The Morgan fingerprint density at radius 3 is 3.00 bits per heavy atom. The minimum absolute atomic E-state index is 0.101. The van der Waals surface area contributed by atoms with Crippen LogP contribution in [0.3, 0.4) is 0 Å². The van der Waals surface area contributed by atoms with E-state index in [0.717, 1.165) is 24.2 Å². The van der Waals surface area contributed by atoms with Crippen LogP contribution in [0.4, 0.5) is 5.82 Å². The zero-order valence-corrected chi connectivity index (χ0v) is 13.6. The second-order valence-corrected chi connectivity index (χ2v) is 6.07. The highest BCUT2D eigenvalue weighted by Gasteiger charge is 2.07. The van der Waals surface area contributed by atoms with Gasteiger partial charge in [0.2, 0.25) is 0 Å². The lowest BCUT2D eigenvalue weighted by molar-refractivity contribution is 0.679. The van der Waals surface area contributed by atoms with Crippen molar-refractivity contribution in [1.82, 2.24) is 9.55 Å². The Bertz CT molecular complexity index is 761. The highest BCUT2D eigenvalue weighted by Crippen LogP contribution is 2.19. The lowest BCUT2D eigenvalue weighted by Crippen LogP contribution is -2.23. The molecule has 1 aromatic heterocycles. The normalized spacial score (nSPS) is 14.4. The van der Waals surface area contributed by atoms with Gasteiger partial charge in [0.15, 0.2) is 5.82 Å². The molecule has 2 aromatic rings. The lowest BCUT2D eigenvalue weighted by atomic mass is 9.97. The molecule has 23 heavy (non-hydrogen) atoms. The average molecular weight is 309 g/mol. The topological polar surface area (TPSA) is 46.9 Å². The van der Waals surface area contributed by atoms with E-state index in [0.29, 0.717) is 5.82 Å². The first kappa shape index (κ1) is 15.5. The number of anilines is 1. The summed E-state index contributed by atoms with van der Waals surface area (Å²) in [5.41, 5.74) is 3.40. The molecule has 1 aliphatic carbocycles. The van der Waals surface area contributed by atoms with Crippen molar-refractivity contribution in [3.8, 4) is 5.69 Å². The Morgan fingerprint density at radius 2 is 2.22 bits per heavy atom. The smallest absolute Gasteiger partial charge is 0.297 e. The second kappa shape index (κ2) is 7.27. The third-order valence-electron chi connectivity index (χ3n) is 4.24. The molecule has 0 unspecified atom stereocenters. The fraction of sp³-hybridized carbons (Fsp3) is 0.368. The summed E-state index contributed by atoms with van der Waals surface area (Å²) in [6.07, 6.45) is 11.7. The Morgan fingerprint density at radius 1 is 1.30 bits per heavy atom. The molecule has 0 saturated carbocycles. The van der Waals surface area contributed by atoms with Gasteiger partial charge in [-0.05, 0) is 56.7 Å². The van der Waals surface area contributed by atoms with Crippen molar-refractivity contribution in [2.24, 2.45) is 0 Å². The van der Waals surface area contributed by atoms with Crippen molar-refractivity contribution in [1.29, 1.82) is 0 Å². The molecule has 1 N–H and O–H groups in total. The van der Waals surface area contributed by atoms with E-state index >= 15 is 0 Å². The predicted octanol–water partition coefficient (Wildman–Crippen LogP) is 3.84. The standard InChI is InChI=1S/C19H23N3O/c1-15-6-5-9-17(14-15)22-13-12-21-18(19(22)23)20-11-10-16-7-3-2-4-8-16/h5-7,9,12-14H,2-4,8,10-11H2,1H3,(H,20,21). The van der Waals surface area contributed by atoms with Gasteiger partial charge in [0.05, 0.1) is 0 Å². The molecule has 4 heteroatoms. The first-order valence-electron chi connectivity index (χ1n) is 8.30. The second-order valence-electron chi connectivity index (χ2n) is 6.07. The molecule has 120 valence electrons. The van der Waals surface area contributed by atoms with Crippen LogP contribution < -0.4 is 10.9 Å². The van der Waals surface area contributed by atoms with Gasteiger partial charge in [0.25, 0.3) is 5.56 Å². The molecule has 0 spiro atoms. The largest absolute Gasteiger partial charge is 0.365 e. The SMILES string of the molecule is Cc1cccc(-n2ccnc(NCCC3=CCCCC3)c2=O)c1. The van der Waals surface area contributed by atoms with Crippen LogP contribution in [-0.4, -0.2) is 16.1 Å². The highest BCUT2D eigenvalue weighted by molar-refractivity contribution is 5.40. The van der Waals surface area contributed by atoms with Gasteiger partial charge in [0.1, 0.15) is 0 Å². The molecule has 0 aliphatic heterocycles. The molecule has 3 rings (SSSR count). The molecule has 0 amide bonds. The zero-order valence-electron chi connectivity index (χ0n) is 13.6. The lowest BCUT2D eigenvalue weighted by Gasteiger charge is -2.13. The van der Waals surface area contributed by atoms with Crippen LogP contribution in [-0.2, 0) is 0 Å². The van der Waals surface area contributed by atoms with E-state index in [1.807, 2.05) is 31.2 Å². The van der Waals surface area contributed by atoms with Crippen molar-refractivity contribution in [2.75, 3.05) is 11.9 Å². The minimum atomic E-state index is -0.101. The van der Waals surface area contributed by atoms with Crippen LogP contribution in [0.1, 0.15) is 37.7 Å². The summed E-state index contributed by atoms with van der Waals surface area (Å²) in [6.45, 7) is 2.78. The van der Waals surface area contributed by atoms with Crippen molar-refractivity contribution in [3.05, 3.63) is 64.2 Å². The highest BCUT2D eigenvalue weighted by atomic mass is 16.1. The molecule has 4 nitrogen and oxygen atoms in total. The number of nitrogens with one attached hydrogen (secondary N) is 1. The van der Waals surface area contributed by atoms with Crippen molar-refractivity contribution >= 4 is 5.82 Å². The van der Waals surface area contributed by atoms with Gasteiger partial charge in [-0.25, -0.2) is 4.98 Å². The van der Waals surface area contributed by atoms with E-state index in [2.05, 4.69) is 16.4 Å². The monoisotopic (exact) mass is 309 g/mol. The molecular formula is C19H23N3O. The predicted molar refractivity (Wildman–Crippen MR) is 94.2 cm³/mol. The quantitative estimate of drug-likeness (QED) is 0.854. The number of nitrogens with zero attached hydrogens (tertiary/aromatic N) is 2. The van der Waals surface area contributed by atoms with Gasteiger partial charge >= 0.3 is 0 Å².